The first kappa shape index (κ1) is 29.0. The molecule has 0 radical (unpaired) electrons. The van der Waals surface area contributed by atoms with E-state index in [-0.39, 0.29) is 37.0 Å². The van der Waals surface area contributed by atoms with Gasteiger partial charge in [0.2, 0.25) is 0 Å². The molecule has 1 unspecified atom stereocenters. The molecule has 2 saturated heterocycles. The zero-order valence-electron chi connectivity index (χ0n) is 21.9. The fraction of sp³-hybridized carbons (Fsp3) is 0.600. The Morgan fingerprint density at radius 1 is 1.10 bits per heavy atom. The normalized spacial score (nSPS) is 23.9. The van der Waals surface area contributed by atoms with Gasteiger partial charge in [-0.1, -0.05) is 0 Å². The molecule has 0 aliphatic carbocycles. The summed E-state index contributed by atoms with van der Waals surface area (Å²) in [5.74, 6) is 0.212. The van der Waals surface area contributed by atoms with Crippen LogP contribution in [0, 0.1) is 0 Å². The molecular weight excluding hydrogens is 562 g/mol. The highest BCUT2D eigenvalue weighted by Crippen LogP contribution is 2.40. The first-order chi connectivity index (χ1) is 19.3. The summed E-state index contributed by atoms with van der Waals surface area (Å²) < 4.78 is 90.6. The number of nitrogens with one attached hydrogen (secondary N) is 2. The first-order valence-corrected chi connectivity index (χ1v) is 13.1. The Labute approximate surface area is 230 Å². The molecular formula is C25H28F6N6O4. The van der Waals surface area contributed by atoms with Gasteiger partial charge in [-0.3, -0.25) is 9.59 Å². The van der Waals surface area contributed by atoms with Crippen molar-refractivity contribution in [3.8, 4) is 5.75 Å². The highest BCUT2D eigenvalue weighted by atomic mass is 19.4. The number of hydrogen-bond acceptors (Lipinski definition) is 8. The number of H-pyrrole nitrogens is 1. The zero-order valence-corrected chi connectivity index (χ0v) is 21.9. The summed E-state index contributed by atoms with van der Waals surface area (Å²) in [5.41, 5.74) is -4.13. The highest BCUT2D eigenvalue weighted by molar-refractivity contribution is 5.82. The van der Waals surface area contributed by atoms with Crippen molar-refractivity contribution in [2.24, 2.45) is 0 Å². The smallest absolute Gasteiger partial charge is 0.423 e. The Morgan fingerprint density at radius 2 is 1.88 bits per heavy atom. The van der Waals surface area contributed by atoms with E-state index in [9.17, 15) is 35.9 Å². The molecule has 5 rings (SSSR count). The van der Waals surface area contributed by atoms with E-state index in [2.05, 4.69) is 15.4 Å². The number of anilines is 2. The molecule has 2 aromatic rings. The van der Waals surface area contributed by atoms with Crippen molar-refractivity contribution in [3.63, 3.8) is 0 Å². The second-order valence-electron chi connectivity index (χ2n) is 10.4. The average Bonchev–Trinajstić information content (AvgIpc) is 2.90. The number of alkyl halides is 6. The summed E-state index contributed by atoms with van der Waals surface area (Å²) >= 11 is 0. The number of amides is 1. The SMILES string of the molecule is C[C@@H](CO[C@@H]1CCCN(C2CCN3c4ncc(C(F)(F)F)cc4OC[C@@H]3C2)C1=O)Nc1cn[nH]c(=O)c1C(F)(F)F. The topological polar surface area (TPSA) is 113 Å². The van der Waals surface area contributed by atoms with Crippen molar-refractivity contribution in [1.82, 2.24) is 20.1 Å². The third-order valence-corrected chi connectivity index (χ3v) is 7.51. The molecule has 0 bridgehead atoms. The van der Waals surface area contributed by atoms with Crippen LogP contribution in [-0.4, -0.2) is 76.5 Å². The monoisotopic (exact) mass is 590 g/mol. The Kier molecular flexibility index (Phi) is 7.78. The van der Waals surface area contributed by atoms with Gasteiger partial charge in [0.1, 0.15) is 18.3 Å². The summed E-state index contributed by atoms with van der Waals surface area (Å²) in [6.07, 6.45) is -6.30. The predicted octanol–water partition coefficient (Wildman–Crippen LogP) is 3.44. The second kappa shape index (κ2) is 11.0. The lowest BCUT2D eigenvalue weighted by Gasteiger charge is -2.47. The molecule has 1 amide bonds. The molecule has 5 heterocycles. The van der Waals surface area contributed by atoms with Gasteiger partial charge in [-0.05, 0) is 38.7 Å². The number of carbonyl (C=O) groups is 1. The molecule has 4 atom stereocenters. The predicted molar refractivity (Wildman–Crippen MR) is 133 cm³/mol. The fourth-order valence-electron chi connectivity index (χ4n) is 5.59. The van der Waals surface area contributed by atoms with Gasteiger partial charge >= 0.3 is 12.4 Å². The highest BCUT2D eigenvalue weighted by Gasteiger charge is 2.42. The van der Waals surface area contributed by atoms with E-state index in [0.717, 1.165) is 18.5 Å². The van der Waals surface area contributed by atoms with E-state index < -0.39 is 46.9 Å². The van der Waals surface area contributed by atoms with Crippen molar-refractivity contribution in [1.29, 1.82) is 0 Å². The number of aromatic amines is 1. The summed E-state index contributed by atoms with van der Waals surface area (Å²) in [6, 6.07) is -0.0284. The van der Waals surface area contributed by atoms with E-state index in [1.807, 2.05) is 4.90 Å². The summed E-state index contributed by atoms with van der Waals surface area (Å²) in [6.45, 7) is 2.63. The summed E-state index contributed by atoms with van der Waals surface area (Å²) in [5, 5.41) is 7.80. The Balaban J connectivity index is 1.18. The number of pyridine rings is 1. The number of carbonyl (C=O) groups excluding carboxylic acids is 1. The van der Waals surface area contributed by atoms with Gasteiger partial charge in [-0.25, -0.2) is 10.1 Å². The quantitative estimate of drug-likeness (QED) is 0.493. The molecule has 0 aromatic carbocycles. The minimum absolute atomic E-state index is 0.0815. The lowest BCUT2D eigenvalue weighted by atomic mass is 9.92. The van der Waals surface area contributed by atoms with Crippen LogP contribution < -0.4 is 20.5 Å². The molecule has 0 spiro atoms. The van der Waals surface area contributed by atoms with E-state index in [1.165, 1.54) is 0 Å². The first-order valence-electron chi connectivity index (χ1n) is 13.1. The van der Waals surface area contributed by atoms with E-state index in [4.69, 9.17) is 9.47 Å². The van der Waals surface area contributed by atoms with Crippen LogP contribution in [0.5, 0.6) is 5.75 Å². The molecule has 2 fully saturated rings. The number of likely N-dealkylation sites (tertiary alicyclic amines) is 1. The third kappa shape index (κ3) is 6.06. The van der Waals surface area contributed by atoms with Crippen LogP contribution in [-0.2, 0) is 21.9 Å². The van der Waals surface area contributed by atoms with Gasteiger partial charge in [0.05, 0.1) is 30.1 Å². The standard InChI is InChI=1S/C25H28F6N6O4/c1-13(34-17-10-33-35-22(38)20(17)25(29,30)31)11-40-18-3-2-5-37(23(18)39)15-4-6-36-16(8-15)12-41-19-7-14(24(26,27)28)9-32-21(19)36/h7,9-10,13,15-16,18H,2-6,8,11-12H2,1H3,(H2,34,35,38)/t13-,15?,16-,18+/m0/s1. The Hall–Kier alpha value is -3.56. The van der Waals surface area contributed by atoms with Crippen LogP contribution in [0.4, 0.5) is 37.8 Å². The number of hydrogen-bond donors (Lipinski definition) is 2. The van der Waals surface area contributed by atoms with Crippen molar-refractivity contribution in [2.75, 3.05) is 36.5 Å². The molecule has 2 N–H and O–H groups in total. The van der Waals surface area contributed by atoms with Crippen LogP contribution in [0.25, 0.3) is 0 Å². The van der Waals surface area contributed by atoms with E-state index in [0.29, 0.717) is 44.6 Å². The number of rotatable bonds is 6. The molecule has 16 heteroatoms. The van der Waals surface area contributed by atoms with Crippen molar-refractivity contribution >= 4 is 17.4 Å². The van der Waals surface area contributed by atoms with Crippen LogP contribution in [0.1, 0.15) is 43.7 Å². The van der Waals surface area contributed by atoms with Crippen molar-refractivity contribution < 1.29 is 40.6 Å². The van der Waals surface area contributed by atoms with Gasteiger partial charge in [-0.15, -0.1) is 0 Å². The lowest BCUT2D eigenvalue weighted by Crippen LogP contribution is -2.58. The van der Waals surface area contributed by atoms with E-state index >= 15 is 0 Å². The largest absolute Gasteiger partial charge is 0.488 e. The number of ether oxygens (including phenoxy) is 2. The minimum atomic E-state index is -4.89. The average molecular weight is 591 g/mol. The van der Waals surface area contributed by atoms with Crippen molar-refractivity contribution in [3.05, 3.63) is 39.9 Å². The molecule has 2 aromatic heterocycles. The van der Waals surface area contributed by atoms with Crippen LogP contribution in [0.2, 0.25) is 0 Å². The maximum absolute atomic E-state index is 13.3. The lowest BCUT2D eigenvalue weighted by molar-refractivity contribution is -0.151. The van der Waals surface area contributed by atoms with Gasteiger partial charge in [-0.2, -0.15) is 31.4 Å². The van der Waals surface area contributed by atoms with Crippen molar-refractivity contribution in [2.45, 2.75) is 69.2 Å². The number of halogens is 6. The van der Waals surface area contributed by atoms with Gasteiger partial charge < -0.3 is 24.6 Å². The second-order valence-corrected chi connectivity index (χ2v) is 10.4. The number of fused-ring (bicyclic) bond motifs is 3. The maximum atomic E-state index is 13.3. The molecule has 0 saturated carbocycles. The number of aromatic nitrogens is 3. The van der Waals surface area contributed by atoms with Gasteiger partial charge in [0.15, 0.2) is 11.6 Å². The van der Waals surface area contributed by atoms with E-state index in [1.54, 1.807) is 16.9 Å². The fourth-order valence-corrected chi connectivity index (χ4v) is 5.59. The molecule has 3 aliphatic heterocycles. The summed E-state index contributed by atoms with van der Waals surface area (Å²) in [7, 11) is 0. The number of piperidine rings is 2. The molecule has 3 aliphatic rings. The Morgan fingerprint density at radius 3 is 2.61 bits per heavy atom. The molecule has 224 valence electrons. The Bertz CT molecular complexity index is 1330. The van der Waals surface area contributed by atoms with Gasteiger partial charge in [0, 0.05) is 31.4 Å². The summed E-state index contributed by atoms with van der Waals surface area (Å²) in [4.78, 5) is 32.7. The van der Waals surface area contributed by atoms with Crippen LogP contribution >= 0.6 is 0 Å². The minimum Gasteiger partial charge on any atom is -0.488 e. The molecule has 41 heavy (non-hydrogen) atoms. The maximum Gasteiger partial charge on any atom is 0.423 e. The van der Waals surface area contributed by atoms with Crippen LogP contribution in [0.3, 0.4) is 0 Å². The van der Waals surface area contributed by atoms with Crippen LogP contribution in [0.15, 0.2) is 23.3 Å². The third-order valence-electron chi connectivity index (χ3n) is 7.51. The zero-order chi connectivity index (χ0) is 29.5. The molecule has 10 nitrogen and oxygen atoms in total. The van der Waals surface area contributed by atoms with Gasteiger partial charge in [0.25, 0.3) is 11.5 Å². The number of nitrogens with zero attached hydrogens (tertiary/aromatic N) is 4.